The topological polar surface area (TPSA) is 56.0 Å². The number of hydrogen-bond acceptors (Lipinski definition) is 3. The average molecular weight is 322 g/mol. The van der Waals surface area contributed by atoms with Gasteiger partial charge in [0.1, 0.15) is 5.69 Å². The van der Waals surface area contributed by atoms with Crippen LogP contribution in [0.25, 0.3) is 0 Å². The van der Waals surface area contributed by atoms with Crippen molar-refractivity contribution in [2.75, 3.05) is 0 Å². The number of aromatic nitrogens is 1. The van der Waals surface area contributed by atoms with Crippen molar-refractivity contribution in [2.24, 2.45) is 5.92 Å². The summed E-state index contributed by atoms with van der Waals surface area (Å²) in [4.78, 5) is 14.5. The fraction of sp³-hybridized carbons (Fsp3) is 0.545. The summed E-state index contributed by atoms with van der Waals surface area (Å²) in [6, 6.07) is 1.46. The molecule has 4 nitrogen and oxygen atoms in total. The lowest BCUT2D eigenvalue weighted by molar-refractivity contribution is -0.386. The van der Waals surface area contributed by atoms with Gasteiger partial charge < -0.3 is 0 Å². The van der Waals surface area contributed by atoms with Crippen LogP contribution in [0.3, 0.4) is 0 Å². The summed E-state index contributed by atoms with van der Waals surface area (Å²) < 4.78 is 0.600. The first-order valence-corrected chi connectivity index (χ1v) is 6.56. The summed E-state index contributed by atoms with van der Waals surface area (Å²) in [5.74, 6) is 0.465. The normalized spacial score (nSPS) is 12.8. The third-order valence-electron chi connectivity index (χ3n) is 2.25. The standard InChI is InChI=1S/C11H14BrClN2O2/c1-7(2)3-9(13)5-10-11(15(16)17)4-8(12)6-14-10/h4,6-7,9H,3,5H2,1-2H3. The molecule has 0 aliphatic heterocycles. The number of rotatable bonds is 5. The molecule has 0 fully saturated rings. The third kappa shape index (κ3) is 4.60. The Hall–Kier alpha value is -0.680. The van der Waals surface area contributed by atoms with Gasteiger partial charge in [-0.1, -0.05) is 13.8 Å². The molecule has 0 aromatic carbocycles. The van der Waals surface area contributed by atoms with Gasteiger partial charge in [-0.2, -0.15) is 0 Å². The Morgan fingerprint density at radius 3 is 2.76 bits per heavy atom. The molecule has 0 saturated carbocycles. The van der Waals surface area contributed by atoms with E-state index in [1.165, 1.54) is 6.07 Å². The maximum atomic E-state index is 10.9. The minimum atomic E-state index is -0.425. The fourth-order valence-electron chi connectivity index (χ4n) is 1.58. The molecule has 1 atom stereocenters. The minimum Gasteiger partial charge on any atom is -0.258 e. The summed E-state index contributed by atoms with van der Waals surface area (Å²) >= 11 is 9.32. The number of pyridine rings is 1. The molecular formula is C11H14BrClN2O2. The van der Waals surface area contributed by atoms with Gasteiger partial charge in [0.25, 0.3) is 5.69 Å². The molecule has 17 heavy (non-hydrogen) atoms. The van der Waals surface area contributed by atoms with E-state index in [0.29, 0.717) is 22.5 Å². The van der Waals surface area contributed by atoms with Crippen LogP contribution < -0.4 is 0 Å². The molecule has 1 heterocycles. The summed E-state index contributed by atoms with van der Waals surface area (Å²) in [7, 11) is 0. The molecule has 1 aromatic rings. The molecule has 0 spiro atoms. The van der Waals surface area contributed by atoms with Gasteiger partial charge in [-0.15, -0.1) is 11.6 Å². The summed E-state index contributed by atoms with van der Waals surface area (Å²) in [6.07, 6.45) is 2.79. The zero-order valence-corrected chi connectivity index (χ0v) is 12.0. The molecular weight excluding hydrogens is 307 g/mol. The van der Waals surface area contributed by atoms with E-state index in [9.17, 15) is 10.1 Å². The number of alkyl halides is 1. The zero-order chi connectivity index (χ0) is 13.0. The maximum absolute atomic E-state index is 10.9. The smallest absolute Gasteiger partial charge is 0.258 e. The van der Waals surface area contributed by atoms with Crippen molar-refractivity contribution in [1.29, 1.82) is 0 Å². The minimum absolute atomic E-state index is 0.0220. The van der Waals surface area contributed by atoms with Crippen molar-refractivity contribution >= 4 is 33.2 Å². The first kappa shape index (κ1) is 14.4. The van der Waals surface area contributed by atoms with Gasteiger partial charge in [-0.05, 0) is 28.3 Å². The van der Waals surface area contributed by atoms with Crippen LogP contribution in [-0.4, -0.2) is 15.3 Å². The van der Waals surface area contributed by atoms with Crippen LogP contribution >= 0.6 is 27.5 Å². The zero-order valence-electron chi connectivity index (χ0n) is 9.69. The highest BCUT2D eigenvalue weighted by Gasteiger charge is 2.19. The molecule has 94 valence electrons. The maximum Gasteiger partial charge on any atom is 0.291 e. The summed E-state index contributed by atoms with van der Waals surface area (Å²) in [6.45, 7) is 4.14. The molecule has 0 radical (unpaired) electrons. The number of halogens is 2. The van der Waals surface area contributed by atoms with Gasteiger partial charge in [0, 0.05) is 28.5 Å². The van der Waals surface area contributed by atoms with E-state index in [1.54, 1.807) is 6.20 Å². The van der Waals surface area contributed by atoms with Crippen LogP contribution in [0, 0.1) is 16.0 Å². The highest BCUT2D eigenvalue weighted by Crippen LogP contribution is 2.24. The van der Waals surface area contributed by atoms with Gasteiger partial charge in [-0.25, -0.2) is 0 Å². The first-order valence-electron chi connectivity index (χ1n) is 5.33. The molecule has 0 N–H and O–H groups in total. The molecule has 1 unspecified atom stereocenters. The summed E-state index contributed by atoms with van der Waals surface area (Å²) in [5.41, 5.74) is 0.465. The second kappa shape index (κ2) is 6.31. The molecule has 1 rings (SSSR count). The lowest BCUT2D eigenvalue weighted by Crippen LogP contribution is -2.10. The average Bonchev–Trinajstić information content (AvgIpc) is 2.19. The van der Waals surface area contributed by atoms with Crippen molar-refractivity contribution in [3.63, 3.8) is 0 Å². The van der Waals surface area contributed by atoms with Gasteiger partial charge in [0.2, 0.25) is 0 Å². The fourth-order valence-corrected chi connectivity index (χ4v) is 2.40. The molecule has 0 aliphatic rings. The van der Waals surface area contributed by atoms with E-state index < -0.39 is 4.92 Å². The second-order valence-corrected chi connectivity index (χ2v) is 5.84. The third-order valence-corrected chi connectivity index (χ3v) is 3.02. The van der Waals surface area contributed by atoms with E-state index in [2.05, 4.69) is 34.8 Å². The van der Waals surface area contributed by atoms with Gasteiger partial charge >= 0.3 is 0 Å². The Morgan fingerprint density at radius 2 is 2.24 bits per heavy atom. The van der Waals surface area contributed by atoms with Crippen LogP contribution in [0.1, 0.15) is 26.0 Å². The van der Waals surface area contributed by atoms with E-state index in [0.717, 1.165) is 6.42 Å². The van der Waals surface area contributed by atoms with E-state index in [1.807, 2.05) is 0 Å². The number of hydrogen-bond donors (Lipinski definition) is 0. The molecule has 0 amide bonds. The number of nitro groups is 1. The highest BCUT2D eigenvalue weighted by molar-refractivity contribution is 9.10. The Morgan fingerprint density at radius 1 is 1.59 bits per heavy atom. The van der Waals surface area contributed by atoms with Crippen LogP contribution in [-0.2, 0) is 6.42 Å². The van der Waals surface area contributed by atoms with E-state index in [-0.39, 0.29) is 11.1 Å². The van der Waals surface area contributed by atoms with Crippen LogP contribution in [0.4, 0.5) is 5.69 Å². The Bertz CT molecular complexity index is 412. The molecule has 0 saturated heterocycles. The van der Waals surface area contributed by atoms with Crippen LogP contribution in [0.2, 0.25) is 0 Å². The van der Waals surface area contributed by atoms with Crippen molar-refractivity contribution in [1.82, 2.24) is 4.98 Å². The van der Waals surface area contributed by atoms with Crippen molar-refractivity contribution in [3.05, 3.63) is 32.5 Å². The van der Waals surface area contributed by atoms with Gasteiger partial charge in [0.15, 0.2) is 0 Å². The highest BCUT2D eigenvalue weighted by atomic mass is 79.9. The number of nitrogens with zero attached hydrogens (tertiary/aromatic N) is 2. The Balaban J connectivity index is 2.86. The SMILES string of the molecule is CC(C)CC(Cl)Cc1ncc(Br)cc1[N+](=O)[O-]. The van der Waals surface area contributed by atoms with Crippen molar-refractivity contribution in [3.8, 4) is 0 Å². The van der Waals surface area contributed by atoms with Crippen LogP contribution in [0.5, 0.6) is 0 Å². The lowest BCUT2D eigenvalue weighted by atomic mass is 10.0. The molecule has 1 aromatic heterocycles. The first-order chi connectivity index (χ1) is 7.90. The lowest BCUT2D eigenvalue weighted by Gasteiger charge is -2.11. The van der Waals surface area contributed by atoms with Crippen molar-refractivity contribution < 1.29 is 4.92 Å². The Labute approximate surface area is 114 Å². The second-order valence-electron chi connectivity index (χ2n) is 4.31. The van der Waals surface area contributed by atoms with Gasteiger partial charge in [0.05, 0.1) is 4.92 Å². The van der Waals surface area contributed by atoms with E-state index >= 15 is 0 Å². The predicted octanol–water partition coefficient (Wildman–Crippen LogP) is 3.95. The molecule has 0 aliphatic carbocycles. The Kier molecular flexibility index (Phi) is 5.33. The predicted molar refractivity (Wildman–Crippen MR) is 71.4 cm³/mol. The monoisotopic (exact) mass is 320 g/mol. The van der Waals surface area contributed by atoms with Crippen LogP contribution in [0.15, 0.2) is 16.7 Å². The molecule has 6 heteroatoms. The summed E-state index contributed by atoms with van der Waals surface area (Å²) in [5, 5.41) is 10.8. The molecule has 0 bridgehead atoms. The van der Waals surface area contributed by atoms with Crippen molar-refractivity contribution in [2.45, 2.75) is 32.1 Å². The van der Waals surface area contributed by atoms with Gasteiger partial charge in [-0.3, -0.25) is 15.1 Å². The van der Waals surface area contributed by atoms with E-state index in [4.69, 9.17) is 11.6 Å². The quantitative estimate of drug-likeness (QED) is 0.469. The largest absolute Gasteiger partial charge is 0.291 e.